The quantitative estimate of drug-likeness (QED) is 0.766. The van der Waals surface area contributed by atoms with Crippen molar-refractivity contribution in [3.63, 3.8) is 0 Å². The summed E-state index contributed by atoms with van der Waals surface area (Å²) >= 11 is 7.14. The maximum atomic E-state index is 12.3. The van der Waals surface area contributed by atoms with Crippen molar-refractivity contribution in [2.45, 2.75) is 37.2 Å². The molecule has 9 heteroatoms. The van der Waals surface area contributed by atoms with Crippen molar-refractivity contribution in [1.29, 1.82) is 5.26 Å². The highest BCUT2D eigenvalue weighted by Gasteiger charge is 2.19. The van der Waals surface area contributed by atoms with E-state index in [2.05, 4.69) is 15.5 Å². The molecule has 126 valence electrons. The molecular weight excluding hydrogens is 350 g/mol. The minimum atomic E-state index is -0.467. The Morgan fingerprint density at radius 2 is 2.33 bits per heavy atom. The van der Waals surface area contributed by atoms with Gasteiger partial charge in [-0.05, 0) is 31.5 Å². The number of hydrogen-bond donors (Lipinski definition) is 2. The Bertz CT molecular complexity index is 839. The van der Waals surface area contributed by atoms with Gasteiger partial charge in [-0.25, -0.2) is 9.89 Å². The van der Waals surface area contributed by atoms with Crippen LogP contribution in [0.15, 0.2) is 28.2 Å². The van der Waals surface area contributed by atoms with E-state index in [9.17, 15) is 9.59 Å². The van der Waals surface area contributed by atoms with Crippen LogP contribution in [0.5, 0.6) is 0 Å². The molecule has 24 heavy (non-hydrogen) atoms. The van der Waals surface area contributed by atoms with Crippen molar-refractivity contribution in [3.8, 4) is 6.07 Å². The number of aromatic nitrogens is 3. The predicted octanol–water partition coefficient (Wildman–Crippen LogP) is 2.63. The fourth-order valence-electron chi connectivity index (χ4n) is 1.95. The smallest absolute Gasteiger partial charge is 0.325 e. The number of carbonyl (C=O) groups is 1. The molecule has 1 aromatic carbocycles. The van der Waals surface area contributed by atoms with Crippen LogP contribution in [0.2, 0.25) is 5.02 Å². The molecule has 0 aliphatic carbocycles. The van der Waals surface area contributed by atoms with E-state index < -0.39 is 5.25 Å². The zero-order valence-corrected chi connectivity index (χ0v) is 14.7. The standard InChI is InChI=1S/C15H16ClN5O2S/c1-3-6-21-14(23)19-20-15(21)24-9(2)13(22)18-11-5-4-10(8-17)12(16)7-11/h4-5,7,9H,3,6H2,1-2H3,(H,18,22)(H,19,23). The molecule has 1 aromatic heterocycles. The number of hydrogen-bond acceptors (Lipinski definition) is 5. The highest BCUT2D eigenvalue weighted by Crippen LogP contribution is 2.23. The van der Waals surface area contributed by atoms with Gasteiger partial charge in [0, 0.05) is 12.2 Å². The lowest BCUT2D eigenvalue weighted by Gasteiger charge is -2.12. The number of nitrogens with one attached hydrogen (secondary N) is 2. The van der Waals surface area contributed by atoms with E-state index in [1.54, 1.807) is 19.1 Å². The number of aromatic amines is 1. The van der Waals surface area contributed by atoms with Crippen molar-refractivity contribution in [1.82, 2.24) is 14.8 Å². The average molecular weight is 366 g/mol. The third-order valence-corrected chi connectivity index (χ3v) is 4.58. The Hall–Kier alpha value is -2.24. The van der Waals surface area contributed by atoms with Crippen molar-refractivity contribution >= 4 is 35.0 Å². The molecule has 0 saturated heterocycles. The van der Waals surface area contributed by atoms with Gasteiger partial charge in [0.1, 0.15) is 6.07 Å². The number of thioether (sulfide) groups is 1. The van der Waals surface area contributed by atoms with Crippen LogP contribution in [-0.2, 0) is 11.3 Å². The van der Waals surface area contributed by atoms with Crippen LogP contribution < -0.4 is 11.0 Å². The topological polar surface area (TPSA) is 104 Å². The second-order valence-corrected chi connectivity index (χ2v) is 6.73. The summed E-state index contributed by atoms with van der Waals surface area (Å²) in [5.74, 6) is -0.251. The number of amides is 1. The molecule has 2 aromatic rings. The summed E-state index contributed by atoms with van der Waals surface area (Å²) in [4.78, 5) is 24.0. The minimum Gasteiger partial charge on any atom is -0.325 e. The molecule has 1 amide bonds. The van der Waals surface area contributed by atoms with E-state index in [0.717, 1.165) is 6.42 Å². The van der Waals surface area contributed by atoms with Crippen LogP contribution in [-0.4, -0.2) is 25.9 Å². The molecule has 2 N–H and O–H groups in total. The van der Waals surface area contributed by atoms with Gasteiger partial charge in [0.15, 0.2) is 5.16 Å². The van der Waals surface area contributed by atoms with E-state index in [4.69, 9.17) is 16.9 Å². The van der Waals surface area contributed by atoms with Crippen LogP contribution in [0.4, 0.5) is 5.69 Å². The molecule has 0 spiro atoms. The van der Waals surface area contributed by atoms with E-state index in [0.29, 0.717) is 23.0 Å². The SMILES string of the molecule is CCCn1c(SC(C)C(=O)Nc2ccc(C#N)c(Cl)c2)n[nH]c1=O. The number of carbonyl (C=O) groups excluding carboxylic acids is 1. The largest absolute Gasteiger partial charge is 0.343 e. The molecule has 0 saturated carbocycles. The minimum absolute atomic E-state index is 0.251. The van der Waals surface area contributed by atoms with Crippen molar-refractivity contribution in [2.75, 3.05) is 5.32 Å². The first-order chi connectivity index (χ1) is 11.5. The predicted molar refractivity (Wildman–Crippen MR) is 93.3 cm³/mol. The van der Waals surface area contributed by atoms with Crippen LogP contribution >= 0.6 is 23.4 Å². The van der Waals surface area contributed by atoms with Gasteiger partial charge in [-0.15, -0.1) is 5.10 Å². The van der Waals surface area contributed by atoms with Gasteiger partial charge >= 0.3 is 5.69 Å². The lowest BCUT2D eigenvalue weighted by Crippen LogP contribution is -2.24. The van der Waals surface area contributed by atoms with E-state index in [-0.39, 0.29) is 16.6 Å². The van der Waals surface area contributed by atoms with Crippen LogP contribution in [0, 0.1) is 11.3 Å². The second kappa shape index (κ2) is 8.04. The molecule has 0 bridgehead atoms. The summed E-state index contributed by atoms with van der Waals surface area (Å²) in [5.41, 5.74) is 0.562. The molecule has 7 nitrogen and oxygen atoms in total. The van der Waals surface area contributed by atoms with Gasteiger partial charge in [0.05, 0.1) is 15.8 Å². The van der Waals surface area contributed by atoms with Gasteiger partial charge < -0.3 is 5.32 Å². The summed E-state index contributed by atoms with van der Waals surface area (Å²) in [5, 5.41) is 18.2. The van der Waals surface area contributed by atoms with Crippen molar-refractivity contribution in [3.05, 3.63) is 39.3 Å². The summed E-state index contributed by atoms with van der Waals surface area (Å²) < 4.78 is 1.51. The number of nitrogens with zero attached hydrogens (tertiary/aromatic N) is 3. The highest BCUT2D eigenvalue weighted by atomic mass is 35.5. The fraction of sp³-hybridized carbons (Fsp3) is 0.333. The molecule has 0 aliphatic heterocycles. The average Bonchev–Trinajstić information content (AvgIpc) is 2.88. The molecule has 0 radical (unpaired) electrons. The van der Waals surface area contributed by atoms with Gasteiger partial charge in [0.2, 0.25) is 5.91 Å². The van der Waals surface area contributed by atoms with E-state index in [1.807, 2.05) is 13.0 Å². The summed E-state index contributed by atoms with van der Waals surface area (Å²) in [6, 6.07) is 6.64. The molecule has 1 atom stereocenters. The van der Waals surface area contributed by atoms with Crippen LogP contribution in [0.3, 0.4) is 0 Å². The third-order valence-electron chi connectivity index (χ3n) is 3.18. The molecule has 0 fully saturated rings. The normalized spacial score (nSPS) is 11.8. The number of benzene rings is 1. The Labute approximate surface area is 148 Å². The lowest BCUT2D eigenvalue weighted by atomic mass is 10.2. The molecule has 1 unspecified atom stereocenters. The Morgan fingerprint density at radius 1 is 1.58 bits per heavy atom. The van der Waals surface area contributed by atoms with E-state index >= 15 is 0 Å². The monoisotopic (exact) mass is 365 g/mol. The van der Waals surface area contributed by atoms with Gasteiger partial charge in [-0.1, -0.05) is 30.3 Å². The summed E-state index contributed by atoms with van der Waals surface area (Å²) in [6.07, 6.45) is 0.789. The van der Waals surface area contributed by atoms with Crippen LogP contribution in [0.25, 0.3) is 0 Å². The molecule has 0 aliphatic rings. The second-order valence-electron chi connectivity index (χ2n) is 5.02. The van der Waals surface area contributed by atoms with Gasteiger partial charge in [-0.3, -0.25) is 9.36 Å². The maximum Gasteiger partial charge on any atom is 0.343 e. The Balaban J connectivity index is 2.06. The zero-order valence-electron chi connectivity index (χ0n) is 13.2. The Morgan fingerprint density at radius 3 is 2.96 bits per heavy atom. The van der Waals surface area contributed by atoms with Crippen molar-refractivity contribution < 1.29 is 4.79 Å². The molecule has 2 rings (SSSR count). The first-order valence-corrected chi connectivity index (χ1v) is 8.54. The summed E-state index contributed by atoms with van der Waals surface area (Å²) in [6.45, 7) is 4.22. The highest BCUT2D eigenvalue weighted by molar-refractivity contribution is 8.00. The number of H-pyrrole nitrogens is 1. The number of rotatable bonds is 6. The molecular formula is C15H16ClN5O2S. The van der Waals surface area contributed by atoms with Crippen molar-refractivity contribution in [2.24, 2.45) is 0 Å². The first kappa shape index (κ1) is 18.1. The van der Waals surface area contributed by atoms with Gasteiger partial charge in [0.25, 0.3) is 0 Å². The summed E-state index contributed by atoms with van der Waals surface area (Å²) in [7, 11) is 0. The first-order valence-electron chi connectivity index (χ1n) is 7.28. The fourth-order valence-corrected chi connectivity index (χ4v) is 3.06. The molecule has 1 heterocycles. The Kier molecular flexibility index (Phi) is 6.06. The van der Waals surface area contributed by atoms with E-state index in [1.165, 1.54) is 22.4 Å². The zero-order chi connectivity index (χ0) is 17.7. The van der Waals surface area contributed by atoms with Gasteiger partial charge in [-0.2, -0.15) is 5.26 Å². The van der Waals surface area contributed by atoms with Crippen LogP contribution in [0.1, 0.15) is 25.8 Å². The number of halogens is 1. The third kappa shape index (κ3) is 4.19. The number of nitriles is 1. The number of anilines is 1. The maximum absolute atomic E-state index is 12.3. The lowest BCUT2D eigenvalue weighted by molar-refractivity contribution is -0.115.